The zero-order valence-electron chi connectivity index (χ0n) is 5.92. The van der Waals surface area contributed by atoms with E-state index in [1.165, 1.54) is 11.6 Å². The van der Waals surface area contributed by atoms with Gasteiger partial charge in [-0.3, -0.25) is 4.79 Å². The molecule has 0 unspecified atom stereocenters. The first-order chi connectivity index (χ1) is 4.35. The largest absolute Gasteiger partial charge is 0.299 e. The van der Waals surface area contributed by atoms with Crippen molar-refractivity contribution in [3.8, 4) is 0 Å². The number of hydrogen-bond donors (Lipinski definition) is 0. The van der Waals surface area contributed by atoms with Crippen molar-refractivity contribution < 1.29 is 4.79 Å². The van der Waals surface area contributed by atoms with Crippen molar-refractivity contribution in [1.29, 1.82) is 0 Å². The Morgan fingerprint density at radius 3 is 2.56 bits per heavy atom. The van der Waals surface area contributed by atoms with Gasteiger partial charge < -0.3 is 0 Å². The molecule has 0 fully saturated rings. The van der Waals surface area contributed by atoms with Crippen LogP contribution < -0.4 is 0 Å². The minimum atomic E-state index is 0.791. The lowest BCUT2D eigenvalue weighted by Gasteiger charge is -1.89. The van der Waals surface area contributed by atoms with Crippen molar-refractivity contribution in [2.24, 2.45) is 0 Å². The molecule has 9 heavy (non-hydrogen) atoms. The van der Waals surface area contributed by atoms with Gasteiger partial charge in [0.2, 0.25) is 0 Å². The molecule has 0 aliphatic rings. The number of hydrogen-bond acceptors (Lipinski definition) is 1. The highest BCUT2D eigenvalue weighted by Gasteiger charge is 1.81. The molecule has 0 saturated carbocycles. The Morgan fingerprint density at radius 2 is 2.22 bits per heavy atom. The maximum atomic E-state index is 9.83. The van der Waals surface area contributed by atoms with Gasteiger partial charge in [0.1, 0.15) is 6.29 Å². The lowest BCUT2D eigenvalue weighted by molar-refractivity contribution is -0.104. The van der Waals surface area contributed by atoms with Crippen molar-refractivity contribution in [2.75, 3.05) is 0 Å². The summed E-state index contributed by atoms with van der Waals surface area (Å²) in [5.41, 5.74) is 1.20. The Hall–Kier alpha value is -0.850. The van der Waals surface area contributed by atoms with Crippen LogP contribution in [0.3, 0.4) is 0 Å². The fourth-order valence-corrected chi connectivity index (χ4v) is 0.581. The van der Waals surface area contributed by atoms with Gasteiger partial charge in [0.05, 0.1) is 0 Å². The summed E-state index contributed by atoms with van der Waals surface area (Å²) >= 11 is 0. The molecule has 0 spiro atoms. The van der Waals surface area contributed by atoms with Gasteiger partial charge in [-0.25, -0.2) is 0 Å². The maximum Gasteiger partial charge on any atom is 0.142 e. The number of carbonyl (C=O) groups excluding carboxylic acids is 1. The molecular weight excluding hydrogens is 112 g/mol. The summed E-state index contributed by atoms with van der Waals surface area (Å²) in [7, 11) is 0. The quantitative estimate of drug-likeness (QED) is 0.320. The van der Waals surface area contributed by atoms with E-state index in [0.717, 1.165) is 12.7 Å². The maximum absolute atomic E-state index is 9.83. The summed E-state index contributed by atoms with van der Waals surface area (Å²) in [6.45, 7) is 4.03. The minimum absolute atomic E-state index is 0.791. The van der Waals surface area contributed by atoms with E-state index in [1.54, 1.807) is 0 Å². The molecule has 0 bridgehead atoms. The van der Waals surface area contributed by atoms with Crippen LogP contribution in [0.2, 0.25) is 0 Å². The molecule has 0 radical (unpaired) electrons. The first-order valence-electron chi connectivity index (χ1n) is 3.12. The fraction of sp³-hybridized carbons (Fsp3) is 0.375. The van der Waals surface area contributed by atoms with Crippen LogP contribution in [0.4, 0.5) is 0 Å². The number of aldehydes is 1. The third-order valence-corrected chi connectivity index (χ3v) is 1.17. The standard InChI is InChI=1S/C8H12O/c1-3-8(4-2)6-5-7-9/h3,5-7H,4H2,1-2H3/b6-5+,8-3+. The zero-order valence-corrected chi connectivity index (χ0v) is 5.92. The Kier molecular flexibility index (Phi) is 4.79. The highest BCUT2D eigenvalue weighted by molar-refractivity contribution is 5.65. The van der Waals surface area contributed by atoms with E-state index in [9.17, 15) is 4.79 Å². The van der Waals surface area contributed by atoms with Gasteiger partial charge in [-0.15, -0.1) is 0 Å². The second-order valence-corrected chi connectivity index (χ2v) is 1.71. The average molecular weight is 124 g/mol. The van der Waals surface area contributed by atoms with Gasteiger partial charge in [-0.1, -0.05) is 24.6 Å². The van der Waals surface area contributed by atoms with E-state index in [0.29, 0.717) is 0 Å². The van der Waals surface area contributed by atoms with E-state index in [2.05, 4.69) is 6.92 Å². The lowest BCUT2D eigenvalue weighted by Crippen LogP contribution is -1.71. The molecule has 0 aromatic heterocycles. The number of carbonyl (C=O) groups is 1. The van der Waals surface area contributed by atoms with E-state index >= 15 is 0 Å². The normalized spacial score (nSPS) is 12.4. The summed E-state index contributed by atoms with van der Waals surface area (Å²) in [5.74, 6) is 0. The van der Waals surface area contributed by atoms with Crippen molar-refractivity contribution in [3.63, 3.8) is 0 Å². The van der Waals surface area contributed by atoms with E-state index < -0.39 is 0 Å². The molecule has 0 aromatic carbocycles. The van der Waals surface area contributed by atoms with Crippen LogP contribution in [0.25, 0.3) is 0 Å². The molecule has 0 N–H and O–H groups in total. The first kappa shape index (κ1) is 8.15. The summed E-state index contributed by atoms with van der Waals surface area (Å²) in [6.07, 6.45) is 7.12. The Bertz CT molecular complexity index is 132. The van der Waals surface area contributed by atoms with Crippen LogP contribution in [0.5, 0.6) is 0 Å². The highest BCUT2D eigenvalue weighted by atomic mass is 16.1. The third kappa shape index (κ3) is 3.71. The van der Waals surface area contributed by atoms with E-state index in [4.69, 9.17) is 0 Å². The van der Waals surface area contributed by atoms with Gasteiger partial charge in [0.25, 0.3) is 0 Å². The average Bonchev–Trinajstić information content (AvgIpc) is 1.91. The smallest absolute Gasteiger partial charge is 0.142 e. The van der Waals surface area contributed by atoms with Crippen molar-refractivity contribution >= 4 is 6.29 Å². The van der Waals surface area contributed by atoms with Crippen LogP contribution >= 0.6 is 0 Å². The highest BCUT2D eigenvalue weighted by Crippen LogP contribution is 1.99. The molecule has 0 aliphatic heterocycles. The molecular formula is C8H12O. The molecule has 1 heteroatoms. The number of allylic oxidation sites excluding steroid dienone is 4. The van der Waals surface area contributed by atoms with Crippen LogP contribution in [0.1, 0.15) is 20.3 Å². The molecule has 0 rings (SSSR count). The summed E-state index contributed by atoms with van der Waals surface area (Å²) in [5, 5.41) is 0. The van der Waals surface area contributed by atoms with Gasteiger partial charge in [0.15, 0.2) is 0 Å². The molecule has 0 heterocycles. The summed E-state index contributed by atoms with van der Waals surface area (Å²) < 4.78 is 0. The molecule has 0 amide bonds. The van der Waals surface area contributed by atoms with Crippen LogP contribution in [-0.4, -0.2) is 6.29 Å². The van der Waals surface area contributed by atoms with Crippen LogP contribution in [0, 0.1) is 0 Å². The van der Waals surface area contributed by atoms with Crippen LogP contribution in [-0.2, 0) is 4.79 Å². The van der Waals surface area contributed by atoms with E-state index in [1.807, 2.05) is 19.1 Å². The van der Waals surface area contributed by atoms with Gasteiger partial charge in [0, 0.05) is 0 Å². The van der Waals surface area contributed by atoms with Crippen molar-refractivity contribution in [1.82, 2.24) is 0 Å². The third-order valence-electron chi connectivity index (χ3n) is 1.17. The van der Waals surface area contributed by atoms with Gasteiger partial charge in [-0.2, -0.15) is 0 Å². The lowest BCUT2D eigenvalue weighted by atomic mass is 10.2. The second-order valence-electron chi connectivity index (χ2n) is 1.71. The molecule has 1 nitrogen and oxygen atoms in total. The van der Waals surface area contributed by atoms with Crippen LogP contribution in [0.15, 0.2) is 23.8 Å². The summed E-state index contributed by atoms with van der Waals surface area (Å²) in [6, 6.07) is 0. The monoisotopic (exact) mass is 124 g/mol. The predicted molar refractivity (Wildman–Crippen MR) is 39.3 cm³/mol. The Balaban J connectivity index is 3.84. The van der Waals surface area contributed by atoms with E-state index in [-0.39, 0.29) is 0 Å². The molecule has 0 saturated heterocycles. The minimum Gasteiger partial charge on any atom is -0.299 e. The van der Waals surface area contributed by atoms with Gasteiger partial charge >= 0.3 is 0 Å². The fourth-order valence-electron chi connectivity index (χ4n) is 0.581. The first-order valence-corrected chi connectivity index (χ1v) is 3.12. The second kappa shape index (κ2) is 5.29. The molecule has 50 valence electrons. The molecule has 0 atom stereocenters. The van der Waals surface area contributed by atoms with Gasteiger partial charge in [-0.05, 0) is 19.4 Å². The van der Waals surface area contributed by atoms with Crippen molar-refractivity contribution in [2.45, 2.75) is 20.3 Å². The Labute approximate surface area is 56.1 Å². The topological polar surface area (TPSA) is 17.1 Å². The zero-order chi connectivity index (χ0) is 7.11. The molecule has 0 aromatic rings. The molecule has 0 aliphatic carbocycles. The Morgan fingerprint density at radius 1 is 1.56 bits per heavy atom. The number of rotatable bonds is 3. The SMILES string of the molecule is C/C=C(/C=C/C=O)CC. The predicted octanol–water partition coefficient (Wildman–Crippen LogP) is 2.10. The van der Waals surface area contributed by atoms with Crippen molar-refractivity contribution in [3.05, 3.63) is 23.8 Å². The summed E-state index contributed by atoms with van der Waals surface area (Å²) in [4.78, 5) is 9.83.